The second kappa shape index (κ2) is 6.17. The molecule has 0 aromatic heterocycles. The maximum absolute atomic E-state index is 3.68. The van der Waals surface area contributed by atoms with Crippen LogP contribution in [0.15, 0.2) is 0 Å². The first-order chi connectivity index (χ1) is 8.20. The number of rotatable bonds is 6. The zero-order valence-electron chi connectivity index (χ0n) is 11.8. The van der Waals surface area contributed by atoms with E-state index in [1.807, 2.05) is 0 Å². The van der Waals surface area contributed by atoms with Gasteiger partial charge in [-0.2, -0.15) is 0 Å². The molecule has 3 nitrogen and oxygen atoms in total. The number of hydrogen-bond acceptors (Lipinski definition) is 3. The molecule has 1 saturated heterocycles. The van der Waals surface area contributed by atoms with Crippen molar-refractivity contribution in [3.63, 3.8) is 0 Å². The van der Waals surface area contributed by atoms with Gasteiger partial charge in [0.25, 0.3) is 0 Å². The predicted octanol–water partition coefficient (Wildman–Crippen LogP) is 1.54. The van der Waals surface area contributed by atoms with Crippen LogP contribution in [-0.4, -0.2) is 61.7 Å². The summed E-state index contributed by atoms with van der Waals surface area (Å²) in [5.41, 5.74) is 0. The lowest BCUT2D eigenvalue weighted by Gasteiger charge is -2.39. The van der Waals surface area contributed by atoms with Gasteiger partial charge in [-0.05, 0) is 59.3 Å². The minimum Gasteiger partial charge on any atom is -0.312 e. The highest BCUT2D eigenvalue weighted by molar-refractivity contribution is 4.86. The lowest BCUT2D eigenvalue weighted by atomic mass is 10.0. The van der Waals surface area contributed by atoms with E-state index in [2.05, 4.69) is 36.1 Å². The van der Waals surface area contributed by atoms with Gasteiger partial charge in [0.05, 0.1) is 0 Å². The van der Waals surface area contributed by atoms with Crippen molar-refractivity contribution in [2.24, 2.45) is 0 Å². The standard InChI is InChI=1S/C14H29N3/c1-4-13(11-15-12-5-6-12)17(3)14-7-9-16(2)10-8-14/h12-15H,4-11H2,1-3H3. The van der Waals surface area contributed by atoms with E-state index in [1.54, 1.807) is 0 Å². The number of nitrogens with one attached hydrogen (secondary N) is 1. The summed E-state index contributed by atoms with van der Waals surface area (Å²) in [5.74, 6) is 0. The van der Waals surface area contributed by atoms with Gasteiger partial charge in [0.1, 0.15) is 0 Å². The molecule has 2 fully saturated rings. The number of likely N-dealkylation sites (N-methyl/N-ethyl adjacent to an activating group) is 1. The van der Waals surface area contributed by atoms with E-state index in [4.69, 9.17) is 0 Å². The van der Waals surface area contributed by atoms with Crippen molar-refractivity contribution < 1.29 is 0 Å². The van der Waals surface area contributed by atoms with Gasteiger partial charge in [-0.15, -0.1) is 0 Å². The third kappa shape index (κ3) is 3.94. The van der Waals surface area contributed by atoms with Gasteiger partial charge in [0, 0.05) is 24.7 Å². The molecule has 1 saturated carbocycles. The minimum atomic E-state index is 0.726. The summed E-state index contributed by atoms with van der Waals surface area (Å²) >= 11 is 0. The molecule has 0 amide bonds. The Morgan fingerprint density at radius 1 is 1.24 bits per heavy atom. The maximum atomic E-state index is 3.68. The number of likely N-dealkylation sites (tertiary alicyclic amines) is 1. The highest BCUT2D eigenvalue weighted by atomic mass is 15.2. The molecular formula is C14H29N3. The first kappa shape index (κ1) is 13.3. The lowest BCUT2D eigenvalue weighted by Crippen LogP contribution is -2.49. The first-order valence-corrected chi connectivity index (χ1v) is 7.34. The van der Waals surface area contributed by atoms with Crippen LogP contribution in [0.4, 0.5) is 0 Å². The molecular weight excluding hydrogens is 210 g/mol. The molecule has 1 aliphatic heterocycles. The molecule has 0 aromatic rings. The average molecular weight is 239 g/mol. The van der Waals surface area contributed by atoms with Crippen molar-refractivity contribution in [3.8, 4) is 0 Å². The van der Waals surface area contributed by atoms with E-state index in [0.29, 0.717) is 0 Å². The van der Waals surface area contributed by atoms with Crippen LogP contribution in [0.25, 0.3) is 0 Å². The van der Waals surface area contributed by atoms with E-state index in [0.717, 1.165) is 18.1 Å². The fourth-order valence-corrected chi connectivity index (χ4v) is 2.87. The smallest absolute Gasteiger partial charge is 0.0218 e. The van der Waals surface area contributed by atoms with E-state index in [1.165, 1.54) is 51.7 Å². The fourth-order valence-electron chi connectivity index (χ4n) is 2.87. The zero-order valence-corrected chi connectivity index (χ0v) is 11.8. The number of piperidine rings is 1. The topological polar surface area (TPSA) is 18.5 Å². The van der Waals surface area contributed by atoms with Crippen LogP contribution in [0.3, 0.4) is 0 Å². The third-order valence-electron chi connectivity index (χ3n) is 4.53. The minimum absolute atomic E-state index is 0.726. The average Bonchev–Trinajstić information content (AvgIpc) is 3.14. The van der Waals surface area contributed by atoms with Crippen molar-refractivity contribution in [1.29, 1.82) is 0 Å². The van der Waals surface area contributed by atoms with Crippen LogP contribution >= 0.6 is 0 Å². The van der Waals surface area contributed by atoms with Crippen molar-refractivity contribution in [2.75, 3.05) is 33.7 Å². The molecule has 1 aliphatic carbocycles. The van der Waals surface area contributed by atoms with Crippen LogP contribution < -0.4 is 5.32 Å². The van der Waals surface area contributed by atoms with Crippen molar-refractivity contribution >= 4 is 0 Å². The van der Waals surface area contributed by atoms with Crippen LogP contribution in [0, 0.1) is 0 Å². The third-order valence-corrected chi connectivity index (χ3v) is 4.53. The van der Waals surface area contributed by atoms with Gasteiger partial charge in [0.2, 0.25) is 0 Å². The lowest BCUT2D eigenvalue weighted by molar-refractivity contribution is 0.103. The summed E-state index contributed by atoms with van der Waals surface area (Å²) in [6.07, 6.45) is 6.74. The van der Waals surface area contributed by atoms with Crippen molar-refractivity contribution in [3.05, 3.63) is 0 Å². The molecule has 17 heavy (non-hydrogen) atoms. The Morgan fingerprint density at radius 2 is 1.88 bits per heavy atom. The van der Waals surface area contributed by atoms with Gasteiger partial charge in [-0.1, -0.05) is 6.92 Å². The molecule has 1 heterocycles. The summed E-state index contributed by atoms with van der Waals surface area (Å²) in [4.78, 5) is 5.09. The molecule has 1 atom stereocenters. The van der Waals surface area contributed by atoms with Gasteiger partial charge in [-0.3, -0.25) is 4.90 Å². The summed E-state index contributed by atoms with van der Waals surface area (Å²) in [5, 5.41) is 3.68. The molecule has 0 radical (unpaired) electrons. The highest BCUT2D eigenvalue weighted by Crippen LogP contribution is 2.21. The monoisotopic (exact) mass is 239 g/mol. The van der Waals surface area contributed by atoms with Crippen LogP contribution in [0.5, 0.6) is 0 Å². The second-order valence-corrected chi connectivity index (χ2v) is 5.94. The fraction of sp³-hybridized carbons (Fsp3) is 1.00. The molecule has 0 spiro atoms. The van der Waals surface area contributed by atoms with Crippen molar-refractivity contribution in [2.45, 2.75) is 57.2 Å². The van der Waals surface area contributed by atoms with Crippen LogP contribution in [-0.2, 0) is 0 Å². The Hall–Kier alpha value is -0.120. The zero-order chi connectivity index (χ0) is 12.3. The Balaban J connectivity index is 1.76. The quantitative estimate of drug-likeness (QED) is 0.758. The van der Waals surface area contributed by atoms with E-state index in [-0.39, 0.29) is 0 Å². The summed E-state index contributed by atoms with van der Waals surface area (Å²) in [6.45, 7) is 6.04. The maximum Gasteiger partial charge on any atom is 0.0218 e. The number of nitrogens with zero attached hydrogens (tertiary/aromatic N) is 2. The SMILES string of the molecule is CCC(CNC1CC1)N(C)C1CCN(C)CC1. The molecule has 1 unspecified atom stereocenters. The Morgan fingerprint density at radius 3 is 2.41 bits per heavy atom. The molecule has 2 aliphatic rings. The van der Waals surface area contributed by atoms with E-state index >= 15 is 0 Å². The molecule has 3 heteroatoms. The molecule has 100 valence electrons. The predicted molar refractivity (Wildman–Crippen MR) is 73.4 cm³/mol. The Kier molecular flexibility index (Phi) is 4.83. The van der Waals surface area contributed by atoms with Crippen LogP contribution in [0.2, 0.25) is 0 Å². The molecule has 1 N–H and O–H groups in total. The van der Waals surface area contributed by atoms with E-state index in [9.17, 15) is 0 Å². The number of hydrogen-bond donors (Lipinski definition) is 1. The van der Waals surface area contributed by atoms with Gasteiger partial charge in [0.15, 0.2) is 0 Å². The first-order valence-electron chi connectivity index (χ1n) is 7.34. The van der Waals surface area contributed by atoms with Gasteiger partial charge < -0.3 is 10.2 Å². The molecule has 2 rings (SSSR count). The molecule has 0 bridgehead atoms. The molecule has 0 aromatic carbocycles. The normalized spacial score (nSPS) is 25.4. The largest absolute Gasteiger partial charge is 0.312 e. The summed E-state index contributed by atoms with van der Waals surface area (Å²) in [6, 6.07) is 2.37. The Labute approximate surface area is 107 Å². The highest BCUT2D eigenvalue weighted by Gasteiger charge is 2.27. The van der Waals surface area contributed by atoms with Gasteiger partial charge >= 0.3 is 0 Å². The Bertz CT molecular complexity index is 220. The van der Waals surface area contributed by atoms with E-state index < -0.39 is 0 Å². The van der Waals surface area contributed by atoms with Gasteiger partial charge in [-0.25, -0.2) is 0 Å². The summed E-state index contributed by atoms with van der Waals surface area (Å²) < 4.78 is 0. The van der Waals surface area contributed by atoms with Crippen molar-refractivity contribution in [1.82, 2.24) is 15.1 Å². The summed E-state index contributed by atoms with van der Waals surface area (Å²) in [7, 11) is 4.57. The second-order valence-electron chi connectivity index (χ2n) is 5.94. The van der Waals surface area contributed by atoms with Crippen LogP contribution in [0.1, 0.15) is 39.0 Å².